The highest BCUT2D eigenvalue weighted by molar-refractivity contribution is 6.31. The Morgan fingerprint density at radius 1 is 1.31 bits per heavy atom. The number of nitrogen functional groups attached to an aromatic ring is 1. The van der Waals surface area contributed by atoms with Gasteiger partial charge in [0.15, 0.2) is 0 Å². The third-order valence-corrected chi connectivity index (χ3v) is 3.18. The zero-order chi connectivity index (χ0) is 11.1. The lowest BCUT2D eigenvalue weighted by atomic mass is 10.1. The summed E-state index contributed by atoms with van der Waals surface area (Å²) in [6.45, 7) is 0. The number of nitrogens with one attached hydrogen (secondary N) is 1. The molecular formula is C12H12ClN3. The smallest absolute Gasteiger partial charge is 0.0727 e. The summed E-state index contributed by atoms with van der Waals surface area (Å²) < 4.78 is 0. The molecule has 2 aromatic rings. The number of hydrogen-bond acceptors (Lipinski definition) is 3. The van der Waals surface area contributed by atoms with Gasteiger partial charge in [-0.25, -0.2) is 0 Å². The number of hydrazine groups is 1. The first kappa shape index (κ1) is 9.87. The van der Waals surface area contributed by atoms with Crippen LogP contribution in [0, 0.1) is 0 Å². The van der Waals surface area contributed by atoms with Gasteiger partial charge in [0.25, 0.3) is 0 Å². The van der Waals surface area contributed by atoms with Crippen LogP contribution in [0.3, 0.4) is 0 Å². The Kier molecular flexibility index (Phi) is 2.23. The maximum Gasteiger partial charge on any atom is 0.0727 e. The van der Waals surface area contributed by atoms with Gasteiger partial charge in [-0.2, -0.15) is 0 Å². The largest absolute Gasteiger partial charge is 0.323 e. The van der Waals surface area contributed by atoms with Gasteiger partial charge in [-0.05, 0) is 37.1 Å². The van der Waals surface area contributed by atoms with Crippen LogP contribution in [0.15, 0.2) is 24.3 Å². The quantitative estimate of drug-likeness (QED) is 0.619. The second-order valence-corrected chi connectivity index (χ2v) is 4.61. The first-order chi connectivity index (χ1) is 7.78. The molecule has 3 N–H and O–H groups in total. The molecule has 0 radical (unpaired) electrons. The number of rotatable bonds is 2. The standard InChI is InChI=1S/C12H12ClN3/c13-8-3-4-10-9(5-8)12(16-14)6-11(15-10)7-1-2-7/h3-7H,1-2,14H2,(H,15,16). The number of fused-ring (bicyclic) bond motifs is 1. The van der Waals surface area contributed by atoms with Crippen molar-refractivity contribution in [3.05, 3.63) is 35.0 Å². The second kappa shape index (κ2) is 3.61. The van der Waals surface area contributed by atoms with E-state index in [0.29, 0.717) is 10.9 Å². The number of anilines is 1. The Morgan fingerprint density at radius 3 is 2.81 bits per heavy atom. The van der Waals surface area contributed by atoms with E-state index in [1.807, 2.05) is 24.3 Å². The molecule has 0 aliphatic heterocycles. The number of nitrogens with zero attached hydrogens (tertiary/aromatic N) is 1. The normalized spacial score (nSPS) is 15.4. The van der Waals surface area contributed by atoms with Crippen LogP contribution in [-0.2, 0) is 0 Å². The van der Waals surface area contributed by atoms with Crippen LogP contribution in [0.5, 0.6) is 0 Å². The van der Waals surface area contributed by atoms with E-state index >= 15 is 0 Å². The minimum atomic E-state index is 0.618. The fourth-order valence-electron chi connectivity index (χ4n) is 1.93. The number of nitrogens with two attached hydrogens (primary N) is 1. The van der Waals surface area contributed by atoms with Crippen molar-refractivity contribution in [2.24, 2.45) is 5.84 Å². The third kappa shape index (κ3) is 1.62. The van der Waals surface area contributed by atoms with Gasteiger partial charge in [0.1, 0.15) is 0 Å². The Bertz CT molecular complexity index is 549. The molecule has 0 atom stereocenters. The third-order valence-electron chi connectivity index (χ3n) is 2.94. The maximum atomic E-state index is 5.97. The number of aromatic nitrogens is 1. The average molecular weight is 234 g/mol. The van der Waals surface area contributed by atoms with E-state index in [1.165, 1.54) is 12.8 Å². The summed E-state index contributed by atoms with van der Waals surface area (Å²) in [7, 11) is 0. The lowest BCUT2D eigenvalue weighted by Gasteiger charge is -2.08. The van der Waals surface area contributed by atoms with E-state index in [4.69, 9.17) is 17.4 Å². The van der Waals surface area contributed by atoms with E-state index in [9.17, 15) is 0 Å². The van der Waals surface area contributed by atoms with Gasteiger partial charge in [0.05, 0.1) is 11.2 Å². The lowest BCUT2D eigenvalue weighted by molar-refractivity contribution is 1.04. The Balaban J connectivity index is 2.25. The molecule has 1 fully saturated rings. The highest BCUT2D eigenvalue weighted by Gasteiger charge is 2.25. The Hall–Kier alpha value is -1.32. The molecule has 0 unspecified atom stereocenters. The summed E-state index contributed by atoms with van der Waals surface area (Å²) >= 11 is 5.97. The summed E-state index contributed by atoms with van der Waals surface area (Å²) in [5.41, 5.74) is 5.69. The van der Waals surface area contributed by atoms with Crippen molar-refractivity contribution in [2.75, 3.05) is 5.43 Å². The van der Waals surface area contributed by atoms with Crippen molar-refractivity contribution >= 4 is 28.2 Å². The minimum Gasteiger partial charge on any atom is -0.323 e. The highest BCUT2D eigenvalue weighted by atomic mass is 35.5. The predicted octanol–water partition coefficient (Wildman–Crippen LogP) is 3.05. The molecule has 1 aromatic carbocycles. The molecule has 1 heterocycles. The average Bonchev–Trinajstić information content (AvgIpc) is 3.11. The summed E-state index contributed by atoms with van der Waals surface area (Å²) in [6, 6.07) is 7.70. The highest BCUT2D eigenvalue weighted by Crippen LogP contribution is 2.41. The van der Waals surface area contributed by atoms with E-state index in [2.05, 4.69) is 10.4 Å². The van der Waals surface area contributed by atoms with Gasteiger partial charge in [0, 0.05) is 22.0 Å². The predicted molar refractivity (Wildman–Crippen MR) is 66.5 cm³/mol. The molecule has 0 amide bonds. The molecule has 1 aromatic heterocycles. The van der Waals surface area contributed by atoms with Crippen LogP contribution in [-0.4, -0.2) is 4.98 Å². The van der Waals surface area contributed by atoms with Crippen molar-refractivity contribution in [3.8, 4) is 0 Å². The first-order valence-corrected chi connectivity index (χ1v) is 5.72. The van der Waals surface area contributed by atoms with Gasteiger partial charge >= 0.3 is 0 Å². The van der Waals surface area contributed by atoms with Crippen molar-refractivity contribution in [1.82, 2.24) is 4.98 Å². The van der Waals surface area contributed by atoms with Crippen molar-refractivity contribution < 1.29 is 0 Å². The molecule has 0 bridgehead atoms. The van der Waals surface area contributed by atoms with Crippen LogP contribution in [0.2, 0.25) is 5.02 Å². The van der Waals surface area contributed by atoms with E-state index in [1.54, 1.807) is 0 Å². The second-order valence-electron chi connectivity index (χ2n) is 4.17. The lowest BCUT2D eigenvalue weighted by Crippen LogP contribution is -2.08. The van der Waals surface area contributed by atoms with E-state index < -0.39 is 0 Å². The van der Waals surface area contributed by atoms with E-state index in [0.717, 1.165) is 22.3 Å². The molecular weight excluding hydrogens is 222 g/mol. The molecule has 16 heavy (non-hydrogen) atoms. The van der Waals surface area contributed by atoms with Crippen LogP contribution >= 0.6 is 11.6 Å². The maximum absolute atomic E-state index is 5.97. The zero-order valence-electron chi connectivity index (χ0n) is 8.70. The number of benzene rings is 1. The number of pyridine rings is 1. The van der Waals surface area contributed by atoms with E-state index in [-0.39, 0.29) is 0 Å². The monoisotopic (exact) mass is 233 g/mol. The van der Waals surface area contributed by atoms with Crippen LogP contribution in [0.25, 0.3) is 10.9 Å². The van der Waals surface area contributed by atoms with Crippen molar-refractivity contribution in [2.45, 2.75) is 18.8 Å². The Labute approximate surface area is 98.6 Å². The Morgan fingerprint density at radius 2 is 2.12 bits per heavy atom. The van der Waals surface area contributed by atoms with Crippen molar-refractivity contribution in [1.29, 1.82) is 0 Å². The molecule has 1 aliphatic carbocycles. The first-order valence-electron chi connectivity index (χ1n) is 5.35. The fourth-order valence-corrected chi connectivity index (χ4v) is 2.10. The summed E-state index contributed by atoms with van der Waals surface area (Å²) in [4.78, 5) is 4.63. The molecule has 1 saturated carbocycles. The van der Waals surface area contributed by atoms with Gasteiger partial charge in [0.2, 0.25) is 0 Å². The van der Waals surface area contributed by atoms with Crippen LogP contribution in [0.4, 0.5) is 5.69 Å². The van der Waals surface area contributed by atoms with Crippen LogP contribution in [0.1, 0.15) is 24.5 Å². The molecule has 3 nitrogen and oxygen atoms in total. The molecule has 0 spiro atoms. The summed E-state index contributed by atoms with van der Waals surface area (Å²) in [5.74, 6) is 6.15. The SMILES string of the molecule is NNc1cc(C2CC2)nc2ccc(Cl)cc12. The molecule has 3 rings (SSSR count). The zero-order valence-corrected chi connectivity index (χ0v) is 9.46. The van der Waals surface area contributed by atoms with Gasteiger partial charge in [-0.3, -0.25) is 10.8 Å². The van der Waals surface area contributed by atoms with Crippen molar-refractivity contribution in [3.63, 3.8) is 0 Å². The summed E-state index contributed by atoms with van der Waals surface area (Å²) in [5, 5.41) is 1.67. The number of halogens is 1. The summed E-state index contributed by atoms with van der Waals surface area (Å²) in [6.07, 6.45) is 2.46. The molecule has 1 aliphatic rings. The fraction of sp³-hybridized carbons (Fsp3) is 0.250. The van der Waals surface area contributed by atoms with Crippen LogP contribution < -0.4 is 11.3 Å². The topological polar surface area (TPSA) is 50.9 Å². The van der Waals surface area contributed by atoms with Gasteiger partial charge in [-0.1, -0.05) is 11.6 Å². The molecule has 4 heteroatoms. The van der Waals surface area contributed by atoms with Gasteiger partial charge in [-0.15, -0.1) is 0 Å². The minimum absolute atomic E-state index is 0.618. The molecule has 82 valence electrons. The van der Waals surface area contributed by atoms with Gasteiger partial charge < -0.3 is 5.43 Å². The number of hydrogen-bond donors (Lipinski definition) is 2. The molecule has 0 saturated heterocycles.